The Morgan fingerprint density at radius 3 is 2.66 bits per heavy atom. The number of rotatable bonds is 5. The van der Waals surface area contributed by atoms with Crippen LogP contribution in [-0.4, -0.2) is 27.4 Å². The molecule has 3 rings (SSSR count). The van der Waals surface area contributed by atoms with Crippen LogP contribution in [0.5, 0.6) is 5.75 Å². The largest absolute Gasteiger partial charge is 0.485 e. The van der Waals surface area contributed by atoms with Crippen molar-refractivity contribution in [3.05, 3.63) is 59.0 Å². The number of hydrogen-bond acceptors (Lipinski definition) is 5. The first-order chi connectivity index (χ1) is 13.7. The zero-order valence-corrected chi connectivity index (χ0v) is 17.3. The molecule has 0 unspecified atom stereocenters. The Kier molecular flexibility index (Phi) is 5.59. The number of aryl methyl sites for hydroxylation is 2. The average molecular weight is 395 g/mol. The van der Waals surface area contributed by atoms with Gasteiger partial charge in [0.15, 0.2) is 17.7 Å². The van der Waals surface area contributed by atoms with Crippen LogP contribution in [-0.2, 0) is 11.3 Å². The first-order valence-corrected chi connectivity index (χ1v) is 9.34. The van der Waals surface area contributed by atoms with Gasteiger partial charge in [-0.1, -0.05) is 12.1 Å². The monoisotopic (exact) mass is 395 g/mol. The van der Waals surface area contributed by atoms with Gasteiger partial charge in [-0.15, -0.1) is 0 Å². The third-order valence-electron chi connectivity index (χ3n) is 4.36. The van der Waals surface area contributed by atoms with Crippen LogP contribution in [0.4, 0.5) is 10.5 Å². The van der Waals surface area contributed by atoms with E-state index >= 15 is 0 Å². The number of amides is 1. The van der Waals surface area contributed by atoms with E-state index in [-0.39, 0.29) is 6.61 Å². The van der Waals surface area contributed by atoms with Crippen LogP contribution in [0.1, 0.15) is 48.1 Å². The maximum atomic E-state index is 12.2. The van der Waals surface area contributed by atoms with Crippen LogP contribution in [0.2, 0.25) is 0 Å². The number of nitrogens with one attached hydrogen (secondary N) is 1. The lowest BCUT2D eigenvalue weighted by molar-refractivity contribution is 0.0635. The van der Waals surface area contributed by atoms with Gasteiger partial charge in [-0.05, 0) is 58.4 Å². The van der Waals surface area contributed by atoms with Gasteiger partial charge in [0.25, 0.3) is 0 Å². The first-order valence-electron chi connectivity index (χ1n) is 9.34. The zero-order valence-electron chi connectivity index (χ0n) is 17.3. The molecule has 0 saturated carbocycles. The van der Waals surface area contributed by atoms with Gasteiger partial charge in [0.1, 0.15) is 17.9 Å². The molecule has 152 valence electrons. The number of carbonyl (C=O) groups is 2. The molecule has 3 aromatic rings. The molecule has 7 heteroatoms. The van der Waals surface area contributed by atoms with Crippen molar-refractivity contribution in [2.24, 2.45) is 0 Å². The van der Waals surface area contributed by atoms with E-state index in [1.165, 1.54) is 0 Å². The molecule has 2 heterocycles. The number of carbonyl (C=O) groups excluding carboxylic acids is 2. The Labute approximate surface area is 169 Å². The molecule has 0 fully saturated rings. The standard InChI is InChI=1S/C22H25N3O4/c1-14-8-6-9-17(24-21(27)29-22(3,4)5)16(14)13-28-19-10-7-11-25-18(12-26)15(2)23-20(19)25/h6-12H,13H2,1-5H3,(H,24,27). The minimum atomic E-state index is -0.588. The number of aromatic nitrogens is 2. The van der Waals surface area contributed by atoms with Crippen molar-refractivity contribution >= 4 is 23.7 Å². The van der Waals surface area contributed by atoms with E-state index in [0.29, 0.717) is 28.5 Å². The van der Waals surface area contributed by atoms with Crippen molar-refractivity contribution < 1.29 is 19.1 Å². The second kappa shape index (κ2) is 7.95. The van der Waals surface area contributed by atoms with Gasteiger partial charge in [-0.25, -0.2) is 9.78 Å². The van der Waals surface area contributed by atoms with E-state index in [9.17, 15) is 9.59 Å². The second-order valence-corrected chi connectivity index (χ2v) is 7.78. The predicted octanol–water partition coefficient (Wildman–Crippen LogP) is 4.69. The van der Waals surface area contributed by atoms with Gasteiger partial charge in [0.2, 0.25) is 0 Å². The Balaban J connectivity index is 1.85. The molecule has 7 nitrogen and oxygen atoms in total. The van der Waals surface area contributed by atoms with Crippen LogP contribution < -0.4 is 10.1 Å². The van der Waals surface area contributed by atoms with Crippen LogP contribution in [0.15, 0.2) is 36.5 Å². The smallest absolute Gasteiger partial charge is 0.412 e. The molecule has 1 aromatic carbocycles. The summed E-state index contributed by atoms with van der Waals surface area (Å²) < 4.78 is 13.1. The number of ether oxygens (including phenoxy) is 2. The molecule has 0 aliphatic rings. The summed E-state index contributed by atoms with van der Waals surface area (Å²) in [7, 11) is 0. The van der Waals surface area contributed by atoms with E-state index in [0.717, 1.165) is 17.4 Å². The molecule has 1 amide bonds. The third kappa shape index (κ3) is 4.56. The van der Waals surface area contributed by atoms with Gasteiger partial charge in [0.05, 0.1) is 11.4 Å². The number of fused-ring (bicyclic) bond motifs is 1. The van der Waals surface area contributed by atoms with E-state index in [1.54, 1.807) is 35.7 Å². The van der Waals surface area contributed by atoms with Gasteiger partial charge >= 0.3 is 6.09 Å². The maximum absolute atomic E-state index is 12.2. The molecule has 0 radical (unpaired) electrons. The molecule has 0 atom stereocenters. The molecule has 0 bridgehead atoms. The molecular formula is C22H25N3O4. The van der Waals surface area contributed by atoms with Crippen molar-refractivity contribution in [2.75, 3.05) is 5.32 Å². The number of nitrogens with zero attached hydrogens (tertiary/aromatic N) is 2. The highest BCUT2D eigenvalue weighted by atomic mass is 16.6. The normalized spacial score (nSPS) is 11.3. The average Bonchev–Trinajstić information content (AvgIpc) is 2.95. The minimum Gasteiger partial charge on any atom is -0.485 e. The fourth-order valence-electron chi connectivity index (χ4n) is 3.00. The highest BCUT2D eigenvalue weighted by Crippen LogP contribution is 2.26. The van der Waals surface area contributed by atoms with Crippen molar-refractivity contribution in [1.82, 2.24) is 9.38 Å². The highest BCUT2D eigenvalue weighted by molar-refractivity contribution is 5.86. The Morgan fingerprint density at radius 1 is 1.21 bits per heavy atom. The van der Waals surface area contributed by atoms with Gasteiger partial charge in [0, 0.05) is 11.8 Å². The zero-order chi connectivity index (χ0) is 21.2. The quantitative estimate of drug-likeness (QED) is 0.634. The lowest BCUT2D eigenvalue weighted by Crippen LogP contribution is -2.27. The number of hydrogen-bond donors (Lipinski definition) is 1. The number of aldehydes is 1. The topological polar surface area (TPSA) is 81.9 Å². The van der Waals surface area contributed by atoms with Crippen molar-refractivity contribution in [3.63, 3.8) is 0 Å². The minimum absolute atomic E-state index is 0.222. The molecule has 0 saturated heterocycles. The van der Waals surface area contributed by atoms with E-state index < -0.39 is 11.7 Å². The van der Waals surface area contributed by atoms with Gasteiger partial charge in [-0.2, -0.15) is 0 Å². The summed E-state index contributed by atoms with van der Waals surface area (Å²) in [6.45, 7) is 9.39. The summed E-state index contributed by atoms with van der Waals surface area (Å²) in [6.07, 6.45) is 2.03. The third-order valence-corrected chi connectivity index (χ3v) is 4.36. The molecular weight excluding hydrogens is 370 g/mol. The predicted molar refractivity (Wildman–Crippen MR) is 111 cm³/mol. The number of imidazole rings is 1. The Morgan fingerprint density at radius 2 is 1.97 bits per heavy atom. The van der Waals surface area contributed by atoms with Gasteiger partial charge in [-0.3, -0.25) is 14.5 Å². The summed E-state index contributed by atoms with van der Waals surface area (Å²) in [6, 6.07) is 9.22. The molecule has 0 aliphatic heterocycles. The molecule has 2 aromatic heterocycles. The second-order valence-electron chi connectivity index (χ2n) is 7.78. The van der Waals surface area contributed by atoms with E-state index in [2.05, 4.69) is 10.3 Å². The van der Waals surface area contributed by atoms with Crippen LogP contribution >= 0.6 is 0 Å². The van der Waals surface area contributed by atoms with Crippen LogP contribution in [0.25, 0.3) is 5.65 Å². The Hall–Kier alpha value is -3.35. The van der Waals surface area contributed by atoms with Crippen molar-refractivity contribution in [2.45, 2.75) is 46.8 Å². The number of benzene rings is 1. The lowest BCUT2D eigenvalue weighted by Gasteiger charge is -2.21. The number of anilines is 1. The fraction of sp³-hybridized carbons (Fsp3) is 0.318. The molecule has 1 N–H and O–H groups in total. The summed E-state index contributed by atoms with van der Waals surface area (Å²) in [4.78, 5) is 28.0. The number of pyridine rings is 1. The van der Waals surface area contributed by atoms with Crippen molar-refractivity contribution in [3.8, 4) is 5.75 Å². The highest BCUT2D eigenvalue weighted by Gasteiger charge is 2.18. The summed E-state index contributed by atoms with van der Waals surface area (Å²) in [5, 5.41) is 2.80. The lowest BCUT2D eigenvalue weighted by atomic mass is 10.1. The fourth-order valence-corrected chi connectivity index (χ4v) is 3.00. The van der Waals surface area contributed by atoms with E-state index in [4.69, 9.17) is 9.47 Å². The summed E-state index contributed by atoms with van der Waals surface area (Å²) in [5.74, 6) is 0.551. The van der Waals surface area contributed by atoms with Crippen LogP contribution in [0.3, 0.4) is 0 Å². The molecule has 0 aliphatic carbocycles. The summed E-state index contributed by atoms with van der Waals surface area (Å²) >= 11 is 0. The maximum Gasteiger partial charge on any atom is 0.412 e. The molecule has 0 spiro atoms. The Bertz CT molecular complexity index is 1060. The van der Waals surface area contributed by atoms with Gasteiger partial charge < -0.3 is 9.47 Å². The molecule has 29 heavy (non-hydrogen) atoms. The van der Waals surface area contributed by atoms with Crippen molar-refractivity contribution in [1.29, 1.82) is 0 Å². The summed E-state index contributed by atoms with van der Waals surface area (Å²) in [5.41, 5.74) is 3.54. The van der Waals surface area contributed by atoms with Crippen LogP contribution in [0, 0.1) is 13.8 Å². The first kappa shape index (κ1) is 20.4. The SMILES string of the molecule is Cc1cccc(NC(=O)OC(C)(C)C)c1COc1cccn2c(C=O)c(C)nc12. The van der Waals surface area contributed by atoms with E-state index in [1.807, 2.05) is 39.8 Å².